The summed E-state index contributed by atoms with van der Waals surface area (Å²) >= 11 is 0. The molecule has 0 saturated heterocycles. The number of aliphatic carboxylic acids is 1. The zero-order valence-corrected chi connectivity index (χ0v) is 12.3. The Morgan fingerprint density at radius 3 is 2.57 bits per heavy atom. The van der Waals surface area contributed by atoms with Crippen molar-refractivity contribution in [2.45, 2.75) is 51.4 Å². The lowest BCUT2D eigenvalue weighted by Gasteiger charge is -2.21. The molecule has 1 aromatic rings. The Labute approximate surface area is 125 Å². The molecule has 114 valence electrons. The Balaban J connectivity index is 1.91. The van der Waals surface area contributed by atoms with E-state index in [2.05, 4.69) is 5.32 Å². The number of rotatable bonds is 6. The summed E-state index contributed by atoms with van der Waals surface area (Å²) in [6.07, 6.45) is 7.14. The van der Waals surface area contributed by atoms with Gasteiger partial charge in [-0.2, -0.15) is 0 Å². The average molecular weight is 289 g/mol. The Morgan fingerprint density at radius 1 is 1.14 bits per heavy atom. The second-order valence-corrected chi connectivity index (χ2v) is 5.81. The van der Waals surface area contributed by atoms with Crippen LogP contribution in [0.25, 0.3) is 0 Å². The third-order valence-corrected chi connectivity index (χ3v) is 4.10. The zero-order valence-electron chi connectivity index (χ0n) is 12.3. The number of para-hydroxylation sites is 1. The number of benzene rings is 1. The number of anilines is 1. The van der Waals surface area contributed by atoms with Crippen molar-refractivity contribution in [1.82, 2.24) is 0 Å². The fourth-order valence-electron chi connectivity index (χ4n) is 2.96. The summed E-state index contributed by atoms with van der Waals surface area (Å²) in [5, 5.41) is 11.7. The summed E-state index contributed by atoms with van der Waals surface area (Å²) in [4.78, 5) is 22.8. The number of hydrogen-bond donors (Lipinski definition) is 2. The van der Waals surface area contributed by atoms with Crippen LogP contribution < -0.4 is 5.32 Å². The predicted octanol–water partition coefficient (Wildman–Crippen LogP) is 3.61. The molecule has 1 aliphatic carbocycles. The van der Waals surface area contributed by atoms with Crippen LogP contribution in [0.1, 0.15) is 50.5 Å². The molecule has 1 fully saturated rings. The van der Waals surface area contributed by atoms with E-state index < -0.39 is 5.97 Å². The van der Waals surface area contributed by atoms with Gasteiger partial charge in [0.2, 0.25) is 5.91 Å². The number of carboxylic acid groups (broad SMARTS) is 1. The fourth-order valence-corrected chi connectivity index (χ4v) is 2.96. The molecule has 1 aliphatic rings. The van der Waals surface area contributed by atoms with Crippen LogP contribution >= 0.6 is 0 Å². The number of aryl methyl sites for hydroxylation is 1. The van der Waals surface area contributed by atoms with E-state index in [0.29, 0.717) is 18.8 Å². The van der Waals surface area contributed by atoms with Crippen LogP contribution in [0.5, 0.6) is 0 Å². The van der Waals surface area contributed by atoms with Gasteiger partial charge in [0.05, 0.1) is 0 Å². The second-order valence-electron chi connectivity index (χ2n) is 5.81. The minimum Gasteiger partial charge on any atom is -0.481 e. The van der Waals surface area contributed by atoms with E-state index >= 15 is 0 Å². The number of amides is 1. The van der Waals surface area contributed by atoms with E-state index in [9.17, 15) is 9.59 Å². The van der Waals surface area contributed by atoms with Crippen molar-refractivity contribution in [1.29, 1.82) is 0 Å². The van der Waals surface area contributed by atoms with E-state index in [1.807, 2.05) is 24.3 Å². The van der Waals surface area contributed by atoms with Crippen LogP contribution in [0, 0.1) is 5.92 Å². The van der Waals surface area contributed by atoms with Gasteiger partial charge in [0.1, 0.15) is 0 Å². The largest absolute Gasteiger partial charge is 0.481 e. The highest BCUT2D eigenvalue weighted by atomic mass is 16.4. The first-order valence-corrected chi connectivity index (χ1v) is 7.74. The molecular formula is C17H23NO3. The molecule has 1 aromatic carbocycles. The van der Waals surface area contributed by atoms with Crippen LogP contribution in [0.3, 0.4) is 0 Å². The first-order chi connectivity index (χ1) is 10.1. The Bertz CT molecular complexity index is 493. The van der Waals surface area contributed by atoms with Crippen LogP contribution in [0.2, 0.25) is 0 Å². The molecule has 0 radical (unpaired) electrons. The molecule has 0 aromatic heterocycles. The molecule has 0 spiro atoms. The molecule has 4 heteroatoms. The number of nitrogens with one attached hydrogen (secondary N) is 1. The van der Waals surface area contributed by atoms with Crippen molar-refractivity contribution in [3.63, 3.8) is 0 Å². The molecule has 4 nitrogen and oxygen atoms in total. The molecular weight excluding hydrogens is 266 g/mol. The molecule has 1 saturated carbocycles. The zero-order chi connectivity index (χ0) is 15.1. The molecule has 2 N–H and O–H groups in total. The van der Waals surface area contributed by atoms with Gasteiger partial charge in [0, 0.05) is 18.5 Å². The van der Waals surface area contributed by atoms with Crippen LogP contribution in [0.15, 0.2) is 24.3 Å². The lowest BCUT2D eigenvalue weighted by molar-refractivity contribution is -0.137. The van der Waals surface area contributed by atoms with Gasteiger partial charge in [-0.1, -0.05) is 37.5 Å². The van der Waals surface area contributed by atoms with Gasteiger partial charge in [0.25, 0.3) is 0 Å². The van der Waals surface area contributed by atoms with E-state index in [0.717, 1.165) is 24.1 Å². The van der Waals surface area contributed by atoms with Crippen LogP contribution in [-0.2, 0) is 16.0 Å². The third-order valence-electron chi connectivity index (χ3n) is 4.10. The van der Waals surface area contributed by atoms with Crippen molar-refractivity contribution >= 4 is 17.6 Å². The van der Waals surface area contributed by atoms with E-state index in [1.54, 1.807) is 0 Å². The minimum atomic E-state index is -0.821. The Morgan fingerprint density at radius 2 is 1.86 bits per heavy atom. The maximum Gasteiger partial charge on any atom is 0.303 e. The molecule has 2 rings (SSSR count). The second kappa shape index (κ2) is 7.81. The normalized spacial score (nSPS) is 15.6. The van der Waals surface area contributed by atoms with Crippen molar-refractivity contribution in [2.24, 2.45) is 5.92 Å². The molecule has 0 aliphatic heterocycles. The lowest BCUT2D eigenvalue weighted by Crippen LogP contribution is -2.19. The maximum absolute atomic E-state index is 12.1. The SMILES string of the molecule is O=C(O)CCc1ccccc1NC(=O)CC1CCCCC1. The topological polar surface area (TPSA) is 66.4 Å². The smallest absolute Gasteiger partial charge is 0.303 e. The van der Waals surface area contributed by atoms with E-state index in [4.69, 9.17) is 5.11 Å². The van der Waals surface area contributed by atoms with Crippen LogP contribution in [-0.4, -0.2) is 17.0 Å². The van der Waals surface area contributed by atoms with Gasteiger partial charge in [-0.25, -0.2) is 0 Å². The number of carbonyl (C=O) groups is 2. The van der Waals surface area contributed by atoms with E-state index in [-0.39, 0.29) is 12.3 Å². The van der Waals surface area contributed by atoms with Gasteiger partial charge in [-0.3, -0.25) is 9.59 Å². The van der Waals surface area contributed by atoms with Gasteiger partial charge in [-0.15, -0.1) is 0 Å². The maximum atomic E-state index is 12.1. The average Bonchev–Trinajstić information content (AvgIpc) is 2.47. The molecule has 0 heterocycles. The first-order valence-electron chi connectivity index (χ1n) is 7.74. The van der Waals surface area contributed by atoms with Gasteiger partial charge in [0.15, 0.2) is 0 Å². The van der Waals surface area contributed by atoms with Crippen LogP contribution in [0.4, 0.5) is 5.69 Å². The summed E-state index contributed by atoms with van der Waals surface area (Å²) in [5.74, 6) is -0.270. The molecule has 0 bridgehead atoms. The lowest BCUT2D eigenvalue weighted by atomic mass is 9.87. The monoisotopic (exact) mass is 289 g/mol. The first kappa shape index (κ1) is 15.5. The number of carboxylic acids is 1. The van der Waals surface area contributed by atoms with Gasteiger partial charge < -0.3 is 10.4 Å². The highest BCUT2D eigenvalue weighted by Crippen LogP contribution is 2.27. The predicted molar refractivity (Wildman–Crippen MR) is 82.2 cm³/mol. The molecule has 1 amide bonds. The standard InChI is InChI=1S/C17H23NO3/c19-16(12-13-6-2-1-3-7-13)18-15-9-5-4-8-14(15)10-11-17(20)21/h4-5,8-9,13H,1-3,6-7,10-12H2,(H,18,19)(H,20,21). The highest BCUT2D eigenvalue weighted by Gasteiger charge is 2.17. The molecule has 0 atom stereocenters. The van der Waals surface area contributed by atoms with Crippen molar-refractivity contribution in [3.05, 3.63) is 29.8 Å². The molecule has 21 heavy (non-hydrogen) atoms. The Kier molecular flexibility index (Phi) is 5.78. The quantitative estimate of drug-likeness (QED) is 0.840. The van der Waals surface area contributed by atoms with Gasteiger partial charge in [-0.05, 0) is 36.8 Å². The van der Waals surface area contributed by atoms with Gasteiger partial charge >= 0.3 is 5.97 Å². The summed E-state index contributed by atoms with van der Waals surface area (Å²) in [7, 11) is 0. The third kappa shape index (κ3) is 5.21. The summed E-state index contributed by atoms with van der Waals surface area (Å²) in [5.41, 5.74) is 1.64. The van der Waals surface area contributed by atoms with Crippen molar-refractivity contribution in [2.75, 3.05) is 5.32 Å². The Hall–Kier alpha value is -1.84. The highest BCUT2D eigenvalue weighted by molar-refractivity contribution is 5.91. The summed E-state index contributed by atoms with van der Waals surface area (Å²) < 4.78 is 0. The summed E-state index contributed by atoms with van der Waals surface area (Å²) in [6.45, 7) is 0. The fraction of sp³-hybridized carbons (Fsp3) is 0.529. The van der Waals surface area contributed by atoms with Crippen molar-refractivity contribution in [3.8, 4) is 0 Å². The van der Waals surface area contributed by atoms with Crippen molar-refractivity contribution < 1.29 is 14.7 Å². The summed E-state index contributed by atoms with van der Waals surface area (Å²) in [6, 6.07) is 7.45. The number of hydrogen-bond acceptors (Lipinski definition) is 2. The van der Waals surface area contributed by atoms with E-state index in [1.165, 1.54) is 19.3 Å². The molecule has 0 unspecified atom stereocenters. The number of carbonyl (C=O) groups excluding carboxylic acids is 1. The minimum absolute atomic E-state index is 0.0460.